The van der Waals surface area contributed by atoms with Gasteiger partial charge in [0.2, 0.25) is 5.90 Å². The Morgan fingerprint density at radius 3 is 2.54 bits per heavy atom. The number of esters is 1. The van der Waals surface area contributed by atoms with Gasteiger partial charge in [0.05, 0.1) is 6.61 Å². The van der Waals surface area contributed by atoms with Gasteiger partial charge in [-0.25, -0.2) is 9.79 Å². The van der Waals surface area contributed by atoms with Crippen LogP contribution in [0.2, 0.25) is 0 Å². The van der Waals surface area contributed by atoms with Crippen molar-refractivity contribution >= 4 is 17.9 Å². The van der Waals surface area contributed by atoms with Gasteiger partial charge in [0, 0.05) is 5.56 Å². The SMILES string of the molecule is CCOc1ccc(C2=N/C(=C\C=C\c3ccccc3)C(=O)O2)cc1. The lowest BCUT2D eigenvalue weighted by molar-refractivity contribution is -0.130. The van der Waals surface area contributed by atoms with E-state index in [1.807, 2.05) is 67.6 Å². The molecule has 0 radical (unpaired) electrons. The van der Waals surface area contributed by atoms with E-state index >= 15 is 0 Å². The molecule has 24 heavy (non-hydrogen) atoms. The fourth-order valence-electron chi connectivity index (χ4n) is 2.22. The molecule has 0 fully saturated rings. The number of hydrogen-bond acceptors (Lipinski definition) is 4. The Bertz CT molecular complexity index is 803. The van der Waals surface area contributed by atoms with Crippen molar-refractivity contribution in [3.63, 3.8) is 0 Å². The lowest BCUT2D eigenvalue weighted by Gasteiger charge is -2.03. The summed E-state index contributed by atoms with van der Waals surface area (Å²) in [6.45, 7) is 2.53. The lowest BCUT2D eigenvalue weighted by Crippen LogP contribution is -2.05. The number of cyclic esters (lactones) is 1. The summed E-state index contributed by atoms with van der Waals surface area (Å²) in [5, 5.41) is 0. The number of benzene rings is 2. The maximum Gasteiger partial charge on any atom is 0.363 e. The Morgan fingerprint density at radius 2 is 1.83 bits per heavy atom. The predicted octanol–water partition coefficient (Wildman–Crippen LogP) is 3.99. The molecule has 0 aromatic heterocycles. The second-order valence-electron chi connectivity index (χ2n) is 5.09. The Hall–Kier alpha value is -3.14. The zero-order chi connectivity index (χ0) is 16.8. The minimum absolute atomic E-state index is 0.283. The summed E-state index contributed by atoms with van der Waals surface area (Å²) in [7, 11) is 0. The highest BCUT2D eigenvalue weighted by Gasteiger charge is 2.23. The van der Waals surface area contributed by atoms with E-state index in [4.69, 9.17) is 9.47 Å². The van der Waals surface area contributed by atoms with Gasteiger partial charge >= 0.3 is 5.97 Å². The van der Waals surface area contributed by atoms with Crippen molar-refractivity contribution in [2.24, 2.45) is 4.99 Å². The van der Waals surface area contributed by atoms with Gasteiger partial charge in [-0.2, -0.15) is 0 Å². The molecule has 0 spiro atoms. The highest BCUT2D eigenvalue weighted by molar-refractivity contribution is 6.11. The van der Waals surface area contributed by atoms with E-state index in [1.165, 1.54) is 0 Å². The van der Waals surface area contributed by atoms with Gasteiger partial charge < -0.3 is 9.47 Å². The molecular formula is C20H17NO3. The molecule has 0 aliphatic carbocycles. The molecule has 0 saturated heterocycles. The molecule has 3 rings (SSSR count). The highest BCUT2D eigenvalue weighted by atomic mass is 16.6. The number of carbonyl (C=O) groups excluding carboxylic acids is 1. The van der Waals surface area contributed by atoms with Crippen LogP contribution in [0.4, 0.5) is 0 Å². The van der Waals surface area contributed by atoms with Crippen LogP contribution in [0.3, 0.4) is 0 Å². The quantitative estimate of drug-likeness (QED) is 0.618. The third kappa shape index (κ3) is 3.79. The van der Waals surface area contributed by atoms with E-state index in [0.717, 1.165) is 16.9 Å². The normalized spacial score (nSPS) is 15.6. The number of carbonyl (C=O) groups is 1. The predicted molar refractivity (Wildman–Crippen MR) is 93.8 cm³/mol. The van der Waals surface area contributed by atoms with Crippen molar-refractivity contribution in [2.45, 2.75) is 6.92 Å². The summed E-state index contributed by atoms with van der Waals surface area (Å²) in [5.74, 6) is 0.631. The summed E-state index contributed by atoms with van der Waals surface area (Å²) in [6.07, 6.45) is 5.35. The summed E-state index contributed by atoms with van der Waals surface area (Å²) in [5.41, 5.74) is 2.07. The van der Waals surface area contributed by atoms with Gasteiger partial charge in [0.15, 0.2) is 5.70 Å². The van der Waals surface area contributed by atoms with Gasteiger partial charge in [-0.05, 0) is 42.8 Å². The van der Waals surface area contributed by atoms with Crippen LogP contribution >= 0.6 is 0 Å². The van der Waals surface area contributed by atoms with Crippen LogP contribution in [-0.4, -0.2) is 18.5 Å². The van der Waals surface area contributed by atoms with Crippen molar-refractivity contribution in [2.75, 3.05) is 6.61 Å². The molecule has 0 amide bonds. The first kappa shape index (κ1) is 15.7. The molecule has 4 nitrogen and oxygen atoms in total. The van der Waals surface area contributed by atoms with Gasteiger partial charge in [0.1, 0.15) is 5.75 Å². The highest BCUT2D eigenvalue weighted by Crippen LogP contribution is 2.19. The van der Waals surface area contributed by atoms with Crippen molar-refractivity contribution < 1.29 is 14.3 Å². The second kappa shape index (κ2) is 7.42. The minimum Gasteiger partial charge on any atom is -0.494 e. The lowest BCUT2D eigenvalue weighted by atomic mass is 10.2. The molecule has 0 unspecified atom stereocenters. The van der Waals surface area contributed by atoms with Crippen LogP contribution in [-0.2, 0) is 9.53 Å². The third-order valence-electron chi connectivity index (χ3n) is 3.38. The van der Waals surface area contributed by atoms with E-state index in [0.29, 0.717) is 12.5 Å². The first-order chi connectivity index (χ1) is 11.8. The Labute approximate surface area is 140 Å². The summed E-state index contributed by atoms with van der Waals surface area (Å²) < 4.78 is 10.6. The minimum atomic E-state index is -0.448. The van der Waals surface area contributed by atoms with Gasteiger partial charge in [-0.3, -0.25) is 0 Å². The zero-order valence-corrected chi connectivity index (χ0v) is 13.3. The summed E-state index contributed by atoms with van der Waals surface area (Å²) in [6, 6.07) is 17.1. The fourth-order valence-corrected chi connectivity index (χ4v) is 2.22. The standard InChI is InChI=1S/C20H17NO3/c1-2-23-17-13-11-16(12-14-17)19-21-18(20(22)24-19)10-6-9-15-7-4-3-5-8-15/h3-14H,2H2,1H3/b9-6+,18-10-. The first-order valence-electron chi connectivity index (χ1n) is 7.74. The van der Waals surface area contributed by atoms with E-state index < -0.39 is 5.97 Å². The van der Waals surface area contributed by atoms with Crippen LogP contribution in [0.1, 0.15) is 18.1 Å². The second-order valence-corrected chi connectivity index (χ2v) is 5.09. The smallest absolute Gasteiger partial charge is 0.363 e. The average Bonchev–Trinajstić information content (AvgIpc) is 2.98. The molecule has 0 atom stereocenters. The third-order valence-corrected chi connectivity index (χ3v) is 3.38. The van der Waals surface area contributed by atoms with Crippen LogP contribution in [0.15, 0.2) is 77.4 Å². The maximum absolute atomic E-state index is 11.9. The van der Waals surface area contributed by atoms with Crippen LogP contribution < -0.4 is 4.74 Å². The Balaban J connectivity index is 1.75. The molecule has 0 saturated carbocycles. The van der Waals surface area contributed by atoms with Crippen molar-refractivity contribution in [1.29, 1.82) is 0 Å². The largest absolute Gasteiger partial charge is 0.494 e. The molecule has 0 N–H and O–H groups in total. The van der Waals surface area contributed by atoms with Crippen molar-refractivity contribution in [1.82, 2.24) is 0 Å². The number of rotatable bonds is 5. The zero-order valence-electron chi connectivity index (χ0n) is 13.3. The average molecular weight is 319 g/mol. The van der Waals surface area contributed by atoms with E-state index in [9.17, 15) is 4.79 Å². The van der Waals surface area contributed by atoms with Crippen LogP contribution in [0.5, 0.6) is 5.75 Å². The molecule has 0 bridgehead atoms. The molecule has 120 valence electrons. The van der Waals surface area contributed by atoms with Gasteiger partial charge in [-0.1, -0.05) is 42.5 Å². The number of allylic oxidation sites excluding steroid dienone is 2. The van der Waals surface area contributed by atoms with Crippen molar-refractivity contribution in [3.8, 4) is 5.75 Å². The summed E-state index contributed by atoms with van der Waals surface area (Å²) in [4.78, 5) is 16.2. The van der Waals surface area contributed by atoms with Crippen LogP contribution in [0, 0.1) is 0 Å². The van der Waals surface area contributed by atoms with Gasteiger partial charge in [0.25, 0.3) is 0 Å². The number of aliphatic imine (C=N–C) groups is 1. The molecule has 1 aliphatic heterocycles. The monoisotopic (exact) mass is 319 g/mol. The van der Waals surface area contributed by atoms with Crippen molar-refractivity contribution in [3.05, 3.63) is 83.6 Å². The number of nitrogens with zero attached hydrogens (tertiary/aromatic N) is 1. The number of ether oxygens (including phenoxy) is 2. The molecular weight excluding hydrogens is 302 g/mol. The van der Waals surface area contributed by atoms with Gasteiger partial charge in [-0.15, -0.1) is 0 Å². The van der Waals surface area contributed by atoms with E-state index in [1.54, 1.807) is 12.2 Å². The Morgan fingerprint density at radius 1 is 1.08 bits per heavy atom. The van der Waals surface area contributed by atoms with E-state index in [2.05, 4.69) is 4.99 Å². The maximum atomic E-state index is 11.9. The first-order valence-corrected chi connectivity index (χ1v) is 7.74. The summed E-state index contributed by atoms with van der Waals surface area (Å²) >= 11 is 0. The Kier molecular flexibility index (Phi) is 4.87. The number of hydrogen-bond donors (Lipinski definition) is 0. The molecule has 2 aromatic rings. The van der Waals surface area contributed by atoms with E-state index in [-0.39, 0.29) is 5.70 Å². The molecule has 1 heterocycles. The van der Waals surface area contributed by atoms with Crippen LogP contribution in [0.25, 0.3) is 6.08 Å². The molecule has 2 aromatic carbocycles. The fraction of sp³-hybridized carbons (Fsp3) is 0.100. The molecule has 1 aliphatic rings. The molecule has 4 heteroatoms. The topological polar surface area (TPSA) is 47.9 Å².